The standard InChI is InChI=1S/C15H11ClF3NO4/c16-12-7-9(15(17,18)19)8-20-14(12)24-11-3-1-10(2-4-11)23-6-5-13(21)22/h1-4,7-8H,5-6H2,(H,21,22). The molecule has 0 aliphatic carbocycles. The van der Waals surface area contributed by atoms with Gasteiger partial charge in [0.1, 0.15) is 16.5 Å². The SMILES string of the molecule is O=C(O)CCOc1ccc(Oc2ncc(C(F)(F)F)cc2Cl)cc1. The average molecular weight is 362 g/mol. The van der Waals surface area contributed by atoms with E-state index in [9.17, 15) is 18.0 Å². The number of aromatic nitrogens is 1. The van der Waals surface area contributed by atoms with Crippen LogP contribution in [0.4, 0.5) is 13.2 Å². The maximum Gasteiger partial charge on any atom is 0.417 e. The zero-order valence-corrected chi connectivity index (χ0v) is 12.8. The zero-order chi connectivity index (χ0) is 17.7. The number of carbonyl (C=O) groups is 1. The van der Waals surface area contributed by atoms with E-state index in [4.69, 9.17) is 26.2 Å². The van der Waals surface area contributed by atoms with E-state index in [1.807, 2.05) is 0 Å². The normalized spacial score (nSPS) is 11.2. The average Bonchev–Trinajstić information content (AvgIpc) is 2.49. The van der Waals surface area contributed by atoms with Crippen LogP contribution in [0.5, 0.6) is 17.4 Å². The molecule has 2 aromatic rings. The molecule has 0 bridgehead atoms. The maximum absolute atomic E-state index is 12.5. The van der Waals surface area contributed by atoms with E-state index in [0.29, 0.717) is 11.9 Å². The highest BCUT2D eigenvalue weighted by atomic mass is 35.5. The van der Waals surface area contributed by atoms with Crippen LogP contribution in [0.3, 0.4) is 0 Å². The number of pyridine rings is 1. The first-order chi connectivity index (χ1) is 11.3. The Morgan fingerprint density at radius 2 is 1.83 bits per heavy atom. The van der Waals surface area contributed by atoms with Crippen LogP contribution in [0.15, 0.2) is 36.5 Å². The van der Waals surface area contributed by atoms with Gasteiger partial charge in [-0.15, -0.1) is 0 Å². The summed E-state index contributed by atoms with van der Waals surface area (Å²) in [5, 5.41) is 8.23. The number of ether oxygens (including phenoxy) is 2. The van der Waals surface area contributed by atoms with Gasteiger partial charge in [-0.05, 0) is 30.3 Å². The smallest absolute Gasteiger partial charge is 0.417 e. The second-order valence-electron chi connectivity index (χ2n) is 4.57. The first kappa shape index (κ1) is 17.9. The van der Waals surface area contributed by atoms with Gasteiger partial charge in [0.15, 0.2) is 0 Å². The van der Waals surface area contributed by atoms with Crippen LogP contribution < -0.4 is 9.47 Å². The van der Waals surface area contributed by atoms with E-state index >= 15 is 0 Å². The van der Waals surface area contributed by atoms with Crippen molar-refractivity contribution in [2.75, 3.05) is 6.61 Å². The van der Waals surface area contributed by atoms with Crippen molar-refractivity contribution in [2.24, 2.45) is 0 Å². The van der Waals surface area contributed by atoms with E-state index in [2.05, 4.69) is 4.98 Å². The van der Waals surface area contributed by atoms with Crippen molar-refractivity contribution in [1.29, 1.82) is 0 Å². The number of hydrogen-bond donors (Lipinski definition) is 1. The number of hydrogen-bond acceptors (Lipinski definition) is 4. The maximum atomic E-state index is 12.5. The first-order valence-electron chi connectivity index (χ1n) is 6.61. The van der Waals surface area contributed by atoms with Crippen molar-refractivity contribution in [3.8, 4) is 17.4 Å². The Labute approximate surface area is 139 Å². The summed E-state index contributed by atoms with van der Waals surface area (Å²) in [6.45, 7) is 0.0157. The van der Waals surface area contributed by atoms with Crippen molar-refractivity contribution in [3.05, 3.63) is 47.1 Å². The molecule has 0 atom stereocenters. The number of carboxylic acids is 1. The molecule has 0 aliphatic heterocycles. The van der Waals surface area contributed by atoms with Crippen LogP contribution in [0, 0.1) is 0 Å². The van der Waals surface area contributed by atoms with E-state index in [-0.39, 0.29) is 29.7 Å². The molecule has 1 N–H and O–H groups in total. The second-order valence-corrected chi connectivity index (χ2v) is 4.98. The molecule has 1 heterocycles. The van der Waals surface area contributed by atoms with Crippen LogP contribution in [-0.2, 0) is 11.0 Å². The summed E-state index contributed by atoms with van der Waals surface area (Å²) in [5.41, 5.74) is -0.970. The van der Waals surface area contributed by atoms with E-state index in [1.165, 1.54) is 24.3 Å². The highest BCUT2D eigenvalue weighted by Gasteiger charge is 2.31. The van der Waals surface area contributed by atoms with Gasteiger partial charge >= 0.3 is 12.1 Å². The van der Waals surface area contributed by atoms with Crippen LogP contribution >= 0.6 is 11.6 Å². The van der Waals surface area contributed by atoms with E-state index in [0.717, 1.165) is 6.07 Å². The number of carboxylic acid groups (broad SMARTS) is 1. The second kappa shape index (κ2) is 7.39. The molecule has 0 saturated carbocycles. The Morgan fingerprint density at radius 3 is 2.38 bits per heavy atom. The highest BCUT2D eigenvalue weighted by molar-refractivity contribution is 6.31. The molecule has 5 nitrogen and oxygen atoms in total. The Balaban J connectivity index is 2.02. The van der Waals surface area contributed by atoms with Gasteiger partial charge in [-0.1, -0.05) is 11.6 Å². The Hall–Kier alpha value is -2.48. The predicted octanol–water partition coefficient (Wildman–Crippen LogP) is 4.40. The zero-order valence-electron chi connectivity index (χ0n) is 12.0. The van der Waals surface area contributed by atoms with Crippen molar-refractivity contribution < 1.29 is 32.5 Å². The molecular formula is C15H11ClF3NO4. The topological polar surface area (TPSA) is 68.7 Å². The van der Waals surface area contributed by atoms with E-state index < -0.39 is 17.7 Å². The summed E-state index contributed by atoms with van der Waals surface area (Å²) < 4.78 is 48.1. The fourth-order valence-corrected chi connectivity index (χ4v) is 1.83. The molecule has 0 amide bonds. The summed E-state index contributed by atoms with van der Waals surface area (Å²) in [6.07, 6.45) is -4.04. The molecule has 1 aromatic heterocycles. The first-order valence-corrected chi connectivity index (χ1v) is 6.99. The lowest BCUT2D eigenvalue weighted by Gasteiger charge is -2.10. The molecule has 24 heavy (non-hydrogen) atoms. The molecule has 0 spiro atoms. The lowest BCUT2D eigenvalue weighted by atomic mass is 10.3. The predicted molar refractivity (Wildman–Crippen MR) is 78.5 cm³/mol. The highest BCUT2D eigenvalue weighted by Crippen LogP contribution is 2.34. The van der Waals surface area contributed by atoms with Crippen molar-refractivity contribution >= 4 is 17.6 Å². The molecule has 0 radical (unpaired) electrons. The van der Waals surface area contributed by atoms with Gasteiger partial charge in [0, 0.05) is 6.20 Å². The number of alkyl halides is 3. The summed E-state index contributed by atoms with van der Waals surface area (Å²) >= 11 is 5.75. The fourth-order valence-electron chi connectivity index (χ4n) is 1.63. The molecule has 2 rings (SSSR count). The van der Waals surface area contributed by atoms with Crippen LogP contribution in [0.25, 0.3) is 0 Å². The number of halogens is 4. The number of rotatable bonds is 6. The summed E-state index contributed by atoms with van der Waals surface area (Å²) in [4.78, 5) is 13.9. The van der Waals surface area contributed by atoms with Gasteiger partial charge in [-0.2, -0.15) is 13.2 Å². The van der Waals surface area contributed by atoms with Crippen LogP contribution in [-0.4, -0.2) is 22.7 Å². The third-order valence-corrected chi connectivity index (χ3v) is 3.03. The van der Waals surface area contributed by atoms with Crippen molar-refractivity contribution in [2.45, 2.75) is 12.6 Å². The summed E-state index contributed by atoms with van der Waals surface area (Å²) in [5.74, 6) is -0.424. The van der Waals surface area contributed by atoms with Crippen LogP contribution in [0.2, 0.25) is 5.02 Å². The van der Waals surface area contributed by atoms with Gasteiger partial charge < -0.3 is 14.6 Å². The molecule has 0 fully saturated rings. The van der Waals surface area contributed by atoms with Gasteiger partial charge in [0.25, 0.3) is 0 Å². The number of aliphatic carboxylic acids is 1. The van der Waals surface area contributed by atoms with E-state index in [1.54, 1.807) is 0 Å². The van der Waals surface area contributed by atoms with Crippen molar-refractivity contribution in [1.82, 2.24) is 4.98 Å². The van der Waals surface area contributed by atoms with Crippen molar-refractivity contribution in [3.63, 3.8) is 0 Å². The third kappa shape index (κ3) is 5.02. The summed E-state index contributed by atoms with van der Waals surface area (Å²) in [6, 6.07) is 6.76. The lowest BCUT2D eigenvalue weighted by molar-refractivity contribution is -0.138. The summed E-state index contributed by atoms with van der Waals surface area (Å²) in [7, 11) is 0. The quantitative estimate of drug-likeness (QED) is 0.826. The molecule has 128 valence electrons. The third-order valence-electron chi connectivity index (χ3n) is 2.76. The monoisotopic (exact) mass is 361 g/mol. The number of benzene rings is 1. The van der Waals surface area contributed by atoms with Crippen LogP contribution in [0.1, 0.15) is 12.0 Å². The molecule has 1 aromatic carbocycles. The largest absolute Gasteiger partial charge is 0.493 e. The molecule has 0 unspecified atom stereocenters. The molecule has 0 aliphatic rings. The minimum atomic E-state index is -4.54. The van der Waals surface area contributed by atoms with Gasteiger partial charge in [0.2, 0.25) is 5.88 Å². The fraction of sp³-hybridized carbons (Fsp3) is 0.200. The minimum absolute atomic E-state index is 0.0157. The molecular weight excluding hydrogens is 351 g/mol. The lowest BCUT2D eigenvalue weighted by Crippen LogP contribution is -2.06. The van der Waals surface area contributed by atoms with Gasteiger partial charge in [0.05, 0.1) is 18.6 Å². The number of nitrogens with zero attached hydrogens (tertiary/aromatic N) is 1. The Morgan fingerprint density at radius 1 is 1.21 bits per heavy atom. The Bertz CT molecular complexity index is 720. The molecule has 0 saturated heterocycles. The van der Waals surface area contributed by atoms with Gasteiger partial charge in [-0.25, -0.2) is 4.98 Å². The minimum Gasteiger partial charge on any atom is -0.493 e. The van der Waals surface area contributed by atoms with Gasteiger partial charge in [-0.3, -0.25) is 4.79 Å². The Kier molecular flexibility index (Phi) is 5.50. The molecule has 9 heteroatoms.